The van der Waals surface area contributed by atoms with Gasteiger partial charge in [0.25, 0.3) is 0 Å². The van der Waals surface area contributed by atoms with Gasteiger partial charge in [-0.25, -0.2) is 19.2 Å². The number of carbonyl (C=O) groups excluding carboxylic acids is 1. The van der Waals surface area contributed by atoms with Crippen LogP contribution in [0.15, 0.2) is 54.9 Å². The van der Waals surface area contributed by atoms with E-state index in [-0.39, 0.29) is 0 Å². The second kappa shape index (κ2) is 5.62. The number of hydrogen-bond acceptors (Lipinski definition) is 3. The van der Waals surface area contributed by atoms with Crippen LogP contribution < -0.4 is 10.6 Å². The van der Waals surface area contributed by atoms with E-state index in [0.29, 0.717) is 22.5 Å². The van der Waals surface area contributed by atoms with E-state index in [9.17, 15) is 9.18 Å². The number of anilines is 2. The first kappa shape index (κ1) is 14.1. The van der Waals surface area contributed by atoms with E-state index in [0.717, 1.165) is 17.1 Å². The van der Waals surface area contributed by atoms with Gasteiger partial charge in [0.05, 0.1) is 17.4 Å². The normalized spacial score (nSPS) is 10.9. The van der Waals surface area contributed by atoms with E-state index in [1.165, 1.54) is 6.07 Å². The molecule has 2 amide bonds. The zero-order valence-electron chi connectivity index (χ0n) is 12.4. The third-order valence-electron chi connectivity index (χ3n) is 3.59. The first-order valence-electron chi connectivity index (χ1n) is 7.25. The first-order valence-corrected chi connectivity index (χ1v) is 7.25. The predicted octanol–water partition coefficient (Wildman–Crippen LogP) is 3.89. The molecule has 118 valence electrons. The molecule has 0 bridgehead atoms. The topological polar surface area (TPSA) is 82.7 Å². The van der Waals surface area contributed by atoms with Crippen molar-refractivity contribution in [2.45, 2.75) is 0 Å². The molecule has 3 heterocycles. The van der Waals surface area contributed by atoms with Gasteiger partial charge in [-0.2, -0.15) is 0 Å². The molecule has 0 aliphatic carbocycles. The number of halogens is 1. The summed E-state index contributed by atoms with van der Waals surface area (Å²) in [5.41, 5.74) is 1.72. The highest BCUT2D eigenvalue weighted by molar-refractivity contribution is 6.05. The predicted molar refractivity (Wildman–Crippen MR) is 90.4 cm³/mol. The van der Waals surface area contributed by atoms with Crippen molar-refractivity contribution >= 4 is 39.5 Å². The summed E-state index contributed by atoms with van der Waals surface area (Å²) in [6.07, 6.45) is 2.67. The van der Waals surface area contributed by atoms with Crippen molar-refractivity contribution in [1.29, 1.82) is 0 Å². The van der Waals surface area contributed by atoms with Crippen LogP contribution in [0, 0.1) is 5.82 Å². The lowest BCUT2D eigenvalue weighted by molar-refractivity contribution is 0.262. The molecule has 6 nitrogen and oxygen atoms in total. The Balaban J connectivity index is 1.55. The molecule has 0 unspecified atom stereocenters. The van der Waals surface area contributed by atoms with Gasteiger partial charge in [0.2, 0.25) is 0 Å². The number of aromatic amines is 1. The summed E-state index contributed by atoms with van der Waals surface area (Å²) in [5, 5.41) is 6.81. The van der Waals surface area contributed by atoms with Gasteiger partial charge in [-0.1, -0.05) is 18.2 Å². The molecule has 0 atom stereocenters. The number of urea groups is 1. The molecule has 0 aliphatic rings. The van der Waals surface area contributed by atoms with Gasteiger partial charge in [0.1, 0.15) is 17.3 Å². The fraction of sp³-hybridized carbons (Fsp3) is 0. The highest BCUT2D eigenvalue weighted by Crippen LogP contribution is 2.22. The summed E-state index contributed by atoms with van der Waals surface area (Å²) in [6.45, 7) is 0. The number of hydrogen-bond donors (Lipinski definition) is 3. The number of amides is 2. The number of para-hydroxylation sites is 1. The smallest absolute Gasteiger partial charge is 0.324 e. The van der Waals surface area contributed by atoms with Crippen LogP contribution in [0.25, 0.3) is 21.9 Å². The van der Waals surface area contributed by atoms with Crippen molar-refractivity contribution in [3.05, 3.63) is 60.7 Å². The van der Waals surface area contributed by atoms with Crippen molar-refractivity contribution < 1.29 is 9.18 Å². The lowest BCUT2D eigenvalue weighted by atomic mass is 10.2. The molecule has 3 aromatic heterocycles. The van der Waals surface area contributed by atoms with Gasteiger partial charge in [-0.15, -0.1) is 0 Å². The molecule has 4 rings (SSSR count). The summed E-state index contributed by atoms with van der Waals surface area (Å²) in [6, 6.07) is 12.1. The van der Waals surface area contributed by atoms with Crippen molar-refractivity contribution in [3.63, 3.8) is 0 Å². The summed E-state index contributed by atoms with van der Waals surface area (Å²) in [5.74, 6) is -0.0444. The van der Waals surface area contributed by atoms with Gasteiger partial charge >= 0.3 is 6.03 Å². The minimum Gasteiger partial charge on any atom is -0.344 e. The summed E-state index contributed by atoms with van der Waals surface area (Å²) < 4.78 is 13.3. The molecule has 0 aliphatic heterocycles. The Morgan fingerprint density at radius 3 is 2.92 bits per heavy atom. The Hall–Kier alpha value is -3.48. The number of aromatic nitrogens is 3. The third kappa shape index (κ3) is 2.63. The fourth-order valence-electron chi connectivity index (χ4n) is 2.49. The lowest BCUT2D eigenvalue weighted by Crippen LogP contribution is -2.19. The van der Waals surface area contributed by atoms with E-state index < -0.39 is 11.8 Å². The van der Waals surface area contributed by atoms with Crippen molar-refractivity contribution in [2.75, 3.05) is 10.6 Å². The van der Waals surface area contributed by atoms with E-state index in [1.807, 2.05) is 30.3 Å². The van der Waals surface area contributed by atoms with Crippen LogP contribution in [-0.2, 0) is 0 Å². The average Bonchev–Trinajstić information content (AvgIpc) is 2.97. The Bertz CT molecular complexity index is 1060. The van der Waals surface area contributed by atoms with Crippen molar-refractivity contribution in [2.24, 2.45) is 0 Å². The number of fused-ring (bicyclic) bond motifs is 2. The van der Waals surface area contributed by atoms with E-state index in [2.05, 4.69) is 25.6 Å². The standard InChI is InChI=1S/C17H12FN5O/c18-11-7-12-14(9-20-16(12)19-8-11)22-17(24)23-15-6-5-10-3-1-2-4-13(10)21-15/h1-9H,(H,19,20)(H2,21,22,23,24). The number of pyridine rings is 2. The Morgan fingerprint density at radius 1 is 1.12 bits per heavy atom. The zero-order chi connectivity index (χ0) is 16.5. The molecular formula is C17H12FN5O. The molecule has 24 heavy (non-hydrogen) atoms. The SMILES string of the molecule is O=C(Nc1ccc2ccccc2n1)Nc1c[nH]c2ncc(F)cc12. The lowest BCUT2D eigenvalue weighted by Gasteiger charge is -2.07. The van der Waals surface area contributed by atoms with E-state index >= 15 is 0 Å². The number of nitrogens with zero attached hydrogens (tertiary/aromatic N) is 2. The number of nitrogens with one attached hydrogen (secondary N) is 3. The second-order valence-electron chi connectivity index (χ2n) is 5.22. The molecule has 0 spiro atoms. The average molecular weight is 321 g/mol. The number of carbonyl (C=O) groups is 1. The van der Waals surface area contributed by atoms with Gasteiger partial charge < -0.3 is 10.3 Å². The number of rotatable bonds is 2. The molecular weight excluding hydrogens is 309 g/mol. The van der Waals surface area contributed by atoms with Crippen LogP contribution in [0.2, 0.25) is 0 Å². The Morgan fingerprint density at radius 2 is 2.00 bits per heavy atom. The van der Waals surface area contributed by atoms with E-state index in [1.54, 1.807) is 12.3 Å². The zero-order valence-corrected chi connectivity index (χ0v) is 12.4. The highest BCUT2D eigenvalue weighted by atomic mass is 19.1. The van der Waals surface area contributed by atoms with Gasteiger partial charge in [0.15, 0.2) is 0 Å². The van der Waals surface area contributed by atoms with E-state index in [4.69, 9.17) is 0 Å². The van der Waals surface area contributed by atoms with Crippen LogP contribution in [0.5, 0.6) is 0 Å². The maximum absolute atomic E-state index is 13.3. The molecule has 3 N–H and O–H groups in total. The molecule has 7 heteroatoms. The number of benzene rings is 1. The molecule has 0 radical (unpaired) electrons. The maximum Gasteiger partial charge on any atom is 0.324 e. The van der Waals surface area contributed by atoms with Crippen molar-refractivity contribution in [3.8, 4) is 0 Å². The van der Waals surface area contributed by atoms with Crippen LogP contribution in [0.1, 0.15) is 0 Å². The van der Waals surface area contributed by atoms with Crippen LogP contribution in [0.3, 0.4) is 0 Å². The molecule has 1 aromatic carbocycles. The second-order valence-corrected chi connectivity index (χ2v) is 5.22. The minimum atomic E-state index is -0.471. The van der Waals surface area contributed by atoms with Crippen molar-refractivity contribution in [1.82, 2.24) is 15.0 Å². The quantitative estimate of drug-likeness (QED) is 0.524. The Labute approximate surface area is 135 Å². The van der Waals surface area contributed by atoms with Gasteiger partial charge in [-0.3, -0.25) is 5.32 Å². The third-order valence-corrected chi connectivity index (χ3v) is 3.59. The summed E-state index contributed by atoms with van der Waals surface area (Å²) >= 11 is 0. The molecule has 4 aromatic rings. The molecule has 0 saturated carbocycles. The largest absolute Gasteiger partial charge is 0.344 e. The fourth-order valence-corrected chi connectivity index (χ4v) is 2.49. The van der Waals surface area contributed by atoms with Crippen LogP contribution >= 0.6 is 0 Å². The number of H-pyrrole nitrogens is 1. The monoisotopic (exact) mass is 321 g/mol. The minimum absolute atomic E-state index is 0.426. The highest BCUT2D eigenvalue weighted by Gasteiger charge is 2.10. The van der Waals surface area contributed by atoms with Crippen LogP contribution in [-0.4, -0.2) is 21.0 Å². The van der Waals surface area contributed by atoms with Gasteiger partial charge in [0, 0.05) is 17.0 Å². The summed E-state index contributed by atoms with van der Waals surface area (Å²) in [7, 11) is 0. The van der Waals surface area contributed by atoms with Crippen LogP contribution in [0.4, 0.5) is 20.7 Å². The first-order chi connectivity index (χ1) is 11.7. The molecule has 0 saturated heterocycles. The summed E-state index contributed by atoms with van der Waals surface area (Å²) in [4.78, 5) is 23.3. The molecule has 0 fully saturated rings. The Kier molecular flexibility index (Phi) is 3.31. The maximum atomic E-state index is 13.3. The van der Waals surface area contributed by atoms with Gasteiger partial charge in [-0.05, 0) is 24.3 Å².